The van der Waals surface area contributed by atoms with Gasteiger partial charge in [0.25, 0.3) is 0 Å². The summed E-state index contributed by atoms with van der Waals surface area (Å²) in [6.45, 7) is 2.79. The third kappa shape index (κ3) is 1.95. The van der Waals surface area contributed by atoms with Crippen molar-refractivity contribution >= 4 is 16.9 Å². The zero-order valence-corrected chi connectivity index (χ0v) is 10.9. The number of fused-ring (bicyclic) bond motifs is 1. The van der Waals surface area contributed by atoms with Gasteiger partial charge in [-0.3, -0.25) is 0 Å². The molecule has 0 unspecified atom stereocenters. The van der Waals surface area contributed by atoms with Gasteiger partial charge in [0.2, 0.25) is 0 Å². The van der Waals surface area contributed by atoms with Gasteiger partial charge in [0, 0.05) is 6.54 Å². The number of nitrogens with one attached hydrogen (secondary N) is 1. The summed E-state index contributed by atoms with van der Waals surface area (Å²) in [4.78, 5) is 8.49. The van der Waals surface area contributed by atoms with Crippen LogP contribution in [0.1, 0.15) is 12.5 Å². The summed E-state index contributed by atoms with van der Waals surface area (Å²) in [5.41, 5.74) is 2.11. The van der Waals surface area contributed by atoms with Crippen LogP contribution < -0.4 is 5.32 Å². The summed E-state index contributed by atoms with van der Waals surface area (Å²) in [5, 5.41) is 17.4. The molecule has 6 heteroatoms. The average Bonchev–Trinajstić information content (AvgIpc) is 2.93. The Morgan fingerprint density at radius 2 is 2.25 bits per heavy atom. The van der Waals surface area contributed by atoms with Crippen molar-refractivity contribution in [2.24, 2.45) is 0 Å². The smallest absolute Gasteiger partial charge is 0.168 e. The minimum Gasteiger partial charge on any atom is -0.370 e. The van der Waals surface area contributed by atoms with Crippen molar-refractivity contribution in [1.29, 1.82) is 5.26 Å². The van der Waals surface area contributed by atoms with Crippen molar-refractivity contribution in [3.63, 3.8) is 0 Å². The maximum absolute atomic E-state index is 8.97. The van der Waals surface area contributed by atoms with Gasteiger partial charge in [-0.25, -0.2) is 14.6 Å². The van der Waals surface area contributed by atoms with E-state index in [9.17, 15) is 0 Å². The Bertz CT molecular complexity index is 799. The first kappa shape index (κ1) is 12.1. The van der Waals surface area contributed by atoms with E-state index in [1.165, 1.54) is 6.33 Å². The fourth-order valence-electron chi connectivity index (χ4n) is 2.05. The molecule has 0 aliphatic rings. The van der Waals surface area contributed by atoms with Crippen LogP contribution in [-0.2, 0) is 0 Å². The molecule has 0 saturated heterocycles. The zero-order chi connectivity index (χ0) is 13.9. The second-order valence-electron chi connectivity index (χ2n) is 4.21. The van der Waals surface area contributed by atoms with Crippen LogP contribution in [0.3, 0.4) is 0 Å². The monoisotopic (exact) mass is 264 g/mol. The third-order valence-electron chi connectivity index (χ3n) is 2.93. The number of anilines is 1. The van der Waals surface area contributed by atoms with E-state index in [1.54, 1.807) is 23.0 Å². The van der Waals surface area contributed by atoms with Crippen LogP contribution in [0, 0.1) is 11.3 Å². The third-order valence-corrected chi connectivity index (χ3v) is 2.93. The summed E-state index contributed by atoms with van der Waals surface area (Å²) < 4.78 is 1.71. The molecule has 0 fully saturated rings. The number of nitriles is 1. The minimum absolute atomic E-state index is 0.590. The van der Waals surface area contributed by atoms with E-state index in [0.717, 1.165) is 23.4 Å². The summed E-state index contributed by atoms with van der Waals surface area (Å²) in [6, 6.07) is 9.38. The Morgan fingerprint density at radius 3 is 3.05 bits per heavy atom. The summed E-state index contributed by atoms with van der Waals surface area (Å²) in [6.07, 6.45) is 3.24. The predicted octanol–water partition coefficient (Wildman–Crippen LogP) is 2.12. The predicted molar refractivity (Wildman–Crippen MR) is 75.5 cm³/mol. The van der Waals surface area contributed by atoms with Crippen LogP contribution in [0.5, 0.6) is 0 Å². The Labute approximate surface area is 115 Å². The highest BCUT2D eigenvalue weighted by Gasteiger charge is 2.10. The zero-order valence-electron chi connectivity index (χ0n) is 10.9. The van der Waals surface area contributed by atoms with E-state index in [4.69, 9.17) is 5.26 Å². The van der Waals surface area contributed by atoms with E-state index in [-0.39, 0.29) is 0 Å². The fourth-order valence-corrected chi connectivity index (χ4v) is 2.05. The van der Waals surface area contributed by atoms with E-state index in [2.05, 4.69) is 26.5 Å². The lowest BCUT2D eigenvalue weighted by Crippen LogP contribution is -2.02. The van der Waals surface area contributed by atoms with E-state index in [1.807, 2.05) is 19.1 Å². The number of aromatic nitrogens is 4. The first-order chi connectivity index (χ1) is 9.83. The molecule has 2 heterocycles. The molecule has 20 heavy (non-hydrogen) atoms. The number of rotatable bonds is 3. The van der Waals surface area contributed by atoms with Crippen molar-refractivity contribution in [3.05, 3.63) is 42.4 Å². The molecule has 6 nitrogen and oxygen atoms in total. The van der Waals surface area contributed by atoms with Gasteiger partial charge in [0.1, 0.15) is 12.1 Å². The van der Waals surface area contributed by atoms with Crippen molar-refractivity contribution in [1.82, 2.24) is 19.7 Å². The summed E-state index contributed by atoms with van der Waals surface area (Å²) >= 11 is 0. The summed E-state index contributed by atoms with van der Waals surface area (Å²) in [7, 11) is 0. The molecule has 0 saturated carbocycles. The largest absolute Gasteiger partial charge is 0.370 e. The highest BCUT2D eigenvalue weighted by molar-refractivity contribution is 5.87. The van der Waals surface area contributed by atoms with E-state index in [0.29, 0.717) is 11.2 Å². The van der Waals surface area contributed by atoms with Gasteiger partial charge < -0.3 is 5.32 Å². The van der Waals surface area contributed by atoms with Crippen LogP contribution in [0.25, 0.3) is 16.7 Å². The van der Waals surface area contributed by atoms with Crippen molar-refractivity contribution in [2.45, 2.75) is 6.92 Å². The number of hydrogen-bond donors (Lipinski definition) is 1. The molecule has 0 radical (unpaired) electrons. The number of nitrogens with zero attached hydrogens (tertiary/aromatic N) is 5. The van der Waals surface area contributed by atoms with Gasteiger partial charge >= 0.3 is 0 Å². The molecule has 0 aliphatic carbocycles. The SMILES string of the molecule is CCNc1ncnc2c1cnn2-c1cccc(C#N)c1. The molecule has 0 atom stereocenters. The highest BCUT2D eigenvalue weighted by Crippen LogP contribution is 2.21. The van der Waals surface area contributed by atoms with Crippen LogP contribution >= 0.6 is 0 Å². The van der Waals surface area contributed by atoms with Crippen molar-refractivity contribution < 1.29 is 0 Å². The summed E-state index contributed by atoms with van der Waals surface area (Å²) in [5.74, 6) is 0.764. The van der Waals surface area contributed by atoms with Gasteiger partial charge in [-0.2, -0.15) is 10.4 Å². The van der Waals surface area contributed by atoms with Crippen molar-refractivity contribution in [2.75, 3.05) is 11.9 Å². The lowest BCUT2D eigenvalue weighted by atomic mass is 10.2. The normalized spacial score (nSPS) is 10.4. The van der Waals surface area contributed by atoms with Gasteiger partial charge in [0.05, 0.1) is 28.9 Å². The Kier molecular flexibility index (Phi) is 3.01. The van der Waals surface area contributed by atoms with Gasteiger partial charge in [-0.05, 0) is 25.1 Å². The van der Waals surface area contributed by atoms with Gasteiger partial charge in [0.15, 0.2) is 5.65 Å². The highest BCUT2D eigenvalue weighted by atomic mass is 15.3. The van der Waals surface area contributed by atoms with Crippen molar-refractivity contribution in [3.8, 4) is 11.8 Å². The minimum atomic E-state index is 0.590. The lowest BCUT2D eigenvalue weighted by Gasteiger charge is -2.05. The first-order valence-electron chi connectivity index (χ1n) is 6.26. The fraction of sp³-hybridized carbons (Fsp3) is 0.143. The molecule has 0 bridgehead atoms. The molecule has 2 aromatic heterocycles. The quantitative estimate of drug-likeness (QED) is 0.783. The number of hydrogen-bond acceptors (Lipinski definition) is 5. The molecule has 3 aromatic rings. The molecular formula is C14H12N6. The lowest BCUT2D eigenvalue weighted by molar-refractivity contribution is 0.894. The molecule has 0 aliphatic heterocycles. The molecule has 1 aromatic carbocycles. The Balaban J connectivity index is 2.17. The molecule has 0 spiro atoms. The van der Waals surface area contributed by atoms with Crippen LogP contribution in [0.4, 0.5) is 5.82 Å². The van der Waals surface area contributed by atoms with Crippen LogP contribution in [0.2, 0.25) is 0 Å². The maximum Gasteiger partial charge on any atom is 0.168 e. The molecule has 98 valence electrons. The Morgan fingerprint density at radius 1 is 1.35 bits per heavy atom. The second kappa shape index (κ2) is 4.97. The van der Waals surface area contributed by atoms with Gasteiger partial charge in [-0.1, -0.05) is 6.07 Å². The van der Waals surface area contributed by atoms with E-state index < -0.39 is 0 Å². The average molecular weight is 264 g/mol. The van der Waals surface area contributed by atoms with Crippen LogP contribution in [0.15, 0.2) is 36.8 Å². The maximum atomic E-state index is 8.97. The first-order valence-corrected chi connectivity index (χ1v) is 6.26. The molecule has 0 amide bonds. The second-order valence-corrected chi connectivity index (χ2v) is 4.21. The topological polar surface area (TPSA) is 79.4 Å². The molecule has 1 N–H and O–H groups in total. The Hall–Kier alpha value is -2.94. The number of benzene rings is 1. The molecule has 3 rings (SSSR count). The molecular weight excluding hydrogens is 252 g/mol. The van der Waals surface area contributed by atoms with Gasteiger partial charge in [-0.15, -0.1) is 0 Å². The van der Waals surface area contributed by atoms with E-state index >= 15 is 0 Å². The van der Waals surface area contributed by atoms with Crippen LogP contribution in [-0.4, -0.2) is 26.3 Å². The standard InChI is InChI=1S/C14H12N6/c1-2-16-13-12-8-19-20(14(12)18-9-17-13)11-5-3-4-10(6-11)7-15/h3-6,8-9H,2H2,1H3,(H,16,17,18).